The second-order valence-electron chi connectivity index (χ2n) is 4.70. The molecule has 0 amide bonds. The Labute approximate surface area is 105 Å². The number of halogens is 3. The fourth-order valence-electron chi connectivity index (χ4n) is 2.44. The van der Waals surface area contributed by atoms with Crippen LogP contribution in [0, 0.1) is 0 Å². The van der Waals surface area contributed by atoms with E-state index in [1.165, 1.54) is 4.90 Å². The van der Waals surface area contributed by atoms with Gasteiger partial charge in [-0.3, -0.25) is 4.90 Å². The van der Waals surface area contributed by atoms with Crippen LogP contribution in [0.2, 0.25) is 0 Å². The fourth-order valence-corrected chi connectivity index (χ4v) is 2.44. The number of nitrogens with one attached hydrogen (secondary N) is 1. The van der Waals surface area contributed by atoms with E-state index in [2.05, 4.69) is 5.32 Å². The topological polar surface area (TPSA) is 15.3 Å². The summed E-state index contributed by atoms with van der Waals surface area (Å²) in [7, 11) is 0. The molecule has 0 aromatic heterocycles. The Kier molecular flexibility index (Phi) is 3.92. The van der Waals surface area contributed by atoms with Crippen molar-refractivity contribution in [3.8, 4) is 0 Å². The minimum atomic E-state index is -4.24. The molecule has 1 heterocycles. The summed E-state index contributed by atoms with van der Waals surface area (Å²) in [6, 6.07) is 6.72. The zero-order chi connectivity index (χ0) is 13.2. The Hall–Kier alpha value is -1.07. The van der Waals surface area contributed by atoms with E-state index in [-0.39, 0.29) is 6.04 Å². The molecule has 1 fully saturated rings. The molecule has 0 unspecified atom stereocenters. The van der Waals surface area contributed by atoms with Gasteiger partial charge >= 0.3 is 6.18 Å². The molecule has 5 heteroatoms. The predicted octanol–water partition coefficient (Wildman–Crippen LogP) is 2.58. The van der Waals surface area contributed by atoms with Crippen molar-refractivity contribution in [3.63, 3.8) is 0 Å². The van der Waals surface area contributed by atoms with Crippen LogP contribution in [0.5, 0.6) is 0 Å². The standard InChI is InChI=1S/C13H17F3N2/c1-10-9-18(8-7-17-10)12(13(14,15)16)11-5-3-2-4-6-11/h2-6,10,12,17H,7-9H2,1H3/t10-,12-/m1/s1. The van der Waals surface area contributed by atoms with Crippen molar-refractivity contribution in [3.05, 3.63) is 35.9 Å². The average molecular weight is 258 g/mol. The van der Waals surface area contributed by atoms with Crippen LogP contribution >= 0.6 is 0 Å². The summed E-state index contributed by atoms with van der Waals surface area (Å²) in [6.45, 7) is 3.34. The van der Waals surface area contributed by atoms with E-state index in [4.69, 9.17) is 0 Å². The van der Waals surface area contributed by atoms with E-state index in [9.17, 15) is 13.2 Å². The summed E-state index contributed by atoms with van der Waals surface area (Å²) in [5.74, 6) is 0. The van der Waals surface area contributed by atoms with Crippen LogP contribution in [0.3, 0.4) is 0 Å². The first-order chi connectivity index (χ1) is 8.48. The molecule has 100 valence electrons. The summed E-state index contributed by atoms with van der Waals surface area (Å²) in [5, 5.41) is 3.16. The molecule has 1 aliphatic heterocycles. The van der Waals surface area contributed by atoms with Crippen LogP contribution in [-0.2, 0) is 0 Å². The first-order valence-corrected chi connectivity index (χ1v) is 6.07. The molecule has 2 nitrogen and oxygen atoms in total. The van der Waals surface area contributed by atoms with Gasteiger partial charge in [0.05, 0.1) is 0 Å². The van der Waals surface area contributed by atoms with Gasteiger partial charge in [-0.25, -0.2) is 0 Å². The molecule has 0 bridgehead atoms. The van der Waals surface area contributed by atoms with E-state index in [0.29, 0.717) is 25.2 Å². The lowest BCUT2D eigenvalue weighted by Gasteiger charge is -2.38. The van der Waals surface area contributed by atoms with Crippen molar-refractivity contribution in [1.82, 2.24) is 10.2 Å². The average Bonchev–Trinajstić information content (AvgIpc) is 2.28. The van der Waals surface area contributed by atoms with Gasteiger partial charge in [-0.15, -0.1) is 0 Å². The van der Waals surface area contributed by atoms with Crippen LogP contribution in [0.4, 0.5) is 13.2 Å². The smallest absolute Gasteiger partial charge is 0.312 e. The lowest BCUT2D eigenvalue weighted by Crippen LogP contribution is -2.53. The van der Waals surface area contributed by atoms with Crippen LogP contribution < -0.4 is 5.32 Å². The number of hydrogen-bond donors (Lipinski definition) is 1. The summed E-state index contributed by atoms with van der Waals surface area (Å²) < 4.78 is 39.8. The van der Waals surface area contributed by atoms with Gasteiger partial charge in [0.25, 0.3) is 0 Å². The molecule has 1 N–H and O–H groups in total. The van der Waals surface area contributed by atoms with E-state index >= 15 is 0 Å². The summed E-state index contributed by atoms with van der Waals surface area (Å²) in [4.78, 5) is 1.51. The number of nitrogens with zero attached hydrogens (tertiary/aromatic N) is 1. The molecule has 0 radical (unpaired) electrons. The lowest BCUT2D eigenvalue weighted by atomic mass is 10.0. The maximum Gasteiger partial charge on any atom is 0.408 e. The zero-order valence-corrected chi connectivity index (χ0v) is 10.2. The third-order valence-corrected chi connectivity index (χ3v) is 3.19. The summed E-state index contributed by atoms with van der Waals surface area (Å²) in [5.41, 5.74) is 0.319. The molecule has 1 saturated heterocycles. The quantitative estimate of drug-likeness (QED) is 0.877. The first kappa shape index (κ1) is 13.4. The van der Waals surface area contributed by atoms with Crippen molar-refractivity contribution in [1.29, 1.82) is 0 Å². The Bertz CT molecular complexity index is 378. The third kappa shape index (κ3) is 3.03. The molecular formula is C13H17F3N2. The van der Waals surface area contributed by atoms with Crippen molar-refractivity contribution in [2.24, 2.45) is 0 Å². The maximum atomic E-state index is 13.3. The van der Waals surface area contributed by atoms with Gasteiger partial charge in [0.15, 0.2) is 0 Å². The molecular weight excluding hydrogens is 241 g/mol. The molecule has 1 aromatic rings. The number of alkyl halides is 3. The Balaban J connectivity index is 2.26. The number of rotatable bonds is 2. The normalized spacial score (nSPS) is 23.9. The molecule has 0 aliphatic carbocycles. The number of benzene rings is 1. The molecule has 0 saturated carbocycles. The zero-order valence-electron chi connectivity index (χ0n) is 10.2. The monoisotopic (exact) mass is 258 g/mol. The predicted molar refractivity (Wildman–Crippen MR) is 64.3 cm³/mol. The van der Waals surface area contributed by atoms with Gasteiger partial charge in [0.2, 0.25) is 0 Å². The SMILES string of the molecule is C[C@@H]1CN([C@H](c2ccccc2)C(F)(F)F)CCN1. The summed E-state index contributed by atoms with van der Waals surface area (Å²) >= 11 is 0. The highest BCUT2D eigenvalue weighted by molar-refractivity contribution is 5.21. The van der Waals surface area contributed by atoms with Gasteiger partial charge in [0, 0.05) is 25.7 Å². The van der Waals surface area contributed by atoms with Gasteiger partial charge in [0.1, 0.15) is 6.04 Å². The minimum absolute atomic E-state index is 0.0901. The van der Waals surface area contributed by atoms with Gasteiger partial charge in [-0.2, -0.15) is 13.2 Å². The highest BCUT2D eigenvalue weighted by Crippen LogP contribution is 2.37. The largest absolute Gasteiger partial charge is 0.408 e. The fraction of sp³-hybridized carbons (Fsp3) is 0.538. The Morgan fingerprint density at radius 2 is 1.94 bits per heavy atom. The molecule has 1 aromatic carbocycles. The van der Waals surface area contributed by atoms with E-state index in [1.807, 2.05) is 6.92 Å². The van der Waals surface area contributed by atoms with Crippen molar-refractivity contribution < 1.29 is 13.2 Å². The van der Waals surface area contributed by atoms with Gasteiger partial charge in [-0.1, -0.05) is 30.3 Å². The second-order valence-corrected chi connectivity index (χ2v) is 4.70. The lowest BCUT2D eigenvalue weighted by molar-refractivity contribution is -0.189. The Morgan fingerprint density at radius 1 is 1.28 bits per heavy atom. The number of hydrogen-bond acceptors (Lipinski definition) is 2. The Morgan fingerprint density at radius 3 is 2.50 bits per heavy atom. The van der Waals surface area contributed by atoms with Gasteiger partial charge in [-0.05, 0) is 12.5 Å². The molecule has 2 rings (SSSR count). The van der Waals surface area contributed by atoms with Gasteiger partial charge < -0.3 is 5.32 Å². The van der Waals surface area contributed by atoms with Crippen molar-refractivity contribution in [2.75, 3.05) is 19.6 Å². The molecule has 0 spiro atoms. The first-order valence-electron chi connectivity index (χ1n) is 6.07. The molecule has 1 aliphatic rings. The van der Waals surface area contributed by atoms with E-state index in [0.717, 1.165) is 0 Å². The highest BCUT2D eigenvalue weighted by atomic mass is 19.4. The second kappa shape index (κ2) is 5.28. The van der Waals surface area contributed by atoms with Crippen LogP contribution in [-0.4, -0.2) is 36.8 Å². The van der Waals surface area contributed by atoms with Crippen molar-refractivity contribution >= 4 is 0 Å². The van der Waals surface area contributed by atoms with Crippen LogP contribution in [0.15, 0.2) is 30.3 Å². The van der Waals surface area contributed by atoms with Crippen LogP contribution in [0.25, 0.3) is 0 Å². The molecule has 2 atom stereocenters. The van der Waals surface area contributed by atoms with E-state index < -0.39 is 12.2 Å². The third-order valence-electron chi connectivity index (χ3n) is 3.19. The highest BCUT2D eigenvalue weighted by Gasteiger charge is 2.45. The van der Waals surface area contributed by atoms with Crippen molar-refractivity contribution in [2.45, 2.75) is 25.2 Å². The minimum Gasteiger partial charge on any atom is -0.312 e. The van der Waals surface area contributed by atoms with E-state index in [1.54, 1.807) is 30.3 Å². The summed E-state index contributed by atoms with van der Waals surface area (Å²) in [6.07, 6.45) is -4.24. The maximum absolute atomic E-state index is 13.3. The number of piperazine rings is 1. The molecule has 18 heavy (non-hydrogen) atoms. The van der Waals surface area contributed by atoms with Crippen LogP contribution in [0.1, 0.15) is 18.5 Å².